The molecule has 0 fully saturated rings. The number of carbonyl (C=O) groups excluding carboxylic acids is 2. The Kier molecular flexibility index (Phi) is 14.0. The second kappa shape index (κ2) is 16.1. The standard InChI is InChI=1S/C27H42O8/c1-6-8-10-13-20(28)15-16-23-25(33-17-12-9-11-14-24(30)32-7-2)22(29)18-21(35-23)19-34-26(31)27(3,4)5/h15-16,18,20,28H,6-14,17,19H2,1-5H3/b16-15+. The number of rotatable bonds is 16. The largest absolute Gasteiger partial charge is 0.486 e. The third-order valence-electron chi connectivity index (χ3n) is 5.09. The Morgan fingerprint density at radius 1 is 1.09 bits per heavy atom. The molecule has 1 heterocycles. The maximum atomic E-state index is 12.8. The van der Waals surface area contributed by atoms with E-state index in [0.29, 0.717) is 32.3 Å². The van der Waals surface area contributed by atoms with Crippen LogP contribution in [0.15, 0.2) is 21.4 Å². The van der Waals surface area contributed by atoms with Gasteiger partial charge in [0.25, 0.3) is 0 Å². The zero-order valence-corrected chi connectivity index (χ0v) is 21.9. The van der Waals surface area contributed by atoms with Crippen molar-refractivity contribution in [1.29, 1.82) is 0 Å². The number of aliphatic hydroxyl groups excluding tert-OH is 1. The van der Waals surface area contributed by atoms with Crippen LogP contribution < -0.4 is 10.2 Å². The van der Waals surface area contributed by atoms with Gasteiger partial charge in [-0.25, -0.2) is 0 Å². The predicted octanol–water partition coefficient (Wildman–Crippen LogP) is 5.19. The Bertz CT molecular complexity index is 863. The van der Waals surface area contributed by atoms with E-state index in [1.807, 2.05) is 0 Å². The minimum Gasteiger partial charge on any atom is -0.486 e. The van der Waals surface area contributed by atoms with Crippen molar-refractivity contribution in [2.24, 2.45) is 5.41 Å². The van der Waals surface area contributed by atoms with E-state index in [4.69, 9.17) is 18.6 Å². The van der Waals surface area contributed by atoms with Crippen LogP contribution in [0.5, 0.6) is 5.75 Å². The summed E-state index contributed by atoms with van der Waals surface area (Å²) in [5, 5.41) is 10.2. The lowest BCUT2D eigenvalue weighted by molar-refractivity contribution is -0.154. The summed E-state index contributed by atoms with van der Waals surface area (Å²) in [6, 6.07) is 1.25. The van der Waals surface area contributed by atoms with Gasteiger partial charge in [0.2, 0.25) is 11.2 Å². The second-order valence-corrected chi connectivity index (χ2v) is 9.48. The molecule has 1 N–H and O–H groups in total. The molecule has 0 aliphatic rings. The Balaban J connectivity index is 2.87. The van der Waals surface area contributed by atoms with Gasteiger partial charge >= 0.3 is 11.9 Å². The highest BCUT2D eigenvalue weighted by Crippen LogP contribution is 2.21. The van der Waals surface area contributed by atoms with Crippen molar-refractivity contribution in [1.82, 2.24) is 0 Å². The summed E-state index contributed by atoms with van der Waals surface area (Å²) in [5.74, 6) is -0.235. The Hall–Kier alpha value is -2.61. The molecule has 0 amide bonds. The molecule has 0 aromatic carbocycles. The molecule has 0 aliphatic carbocycles. The molecule has 0 aliphatic heterocycles. The van der Waals surface area contributed by atoms with Crippen LogP contribution in [0.1, 0.15) is 97.5 Å². The lowest BCUT2D eigenvalue weighted by atomic mass is 9.97. The van der Waals surface area contributed by atoms with Crippen LogP contribution in [-0.4, -0.2) is 36.4 Å². The monoisotopic (exact) mass is 494 g/mol. The molecule has 0 spiro atoms. The zero-order valence-electron chi connectivity index (χ0n) is 21.9. The number of esters is 2. The molecule has 0 saturated carbocycles. The fraction of sp³-hybridized carbons (Fsp3) is 0.667. The summed E-state index contributed by atoms with van der Waals surface area (Å²) in [5.41, 5.74) is -1.08. The Morgan fingerprint density at radius 3 is 2.49 bits per heavy atom. The van der Waals surface area contributed by atoms with Gasteiger partial charge in [-0.1, -0.05) is 32.3 Å². The normalized spacial score (nSPS) is 12.5. The molecule has 8 heteroatoms. The maximum absolute atomic E-state index is 12.8. The third-order valence-corrected chi connectivity index (χ3v) is 5.09. The summed E-state index contributed by atoms with van der Waals surface area (Å²) in [4.78, 5) is 36.2. The Labute approximate surface area is 208 Å². The SMILES string of the molecule is CCCCCC(O)/C=C/c1oc(COC(=O)C(C)(C)C)cc(=O)c1OCCCCCC(=O)OCC. The van der Waals surface area contributed by atoms with Crippen molar-refractivity contribution >= 4 is 18.0 Å². The molecular weight excluding hydrogens is 452 g/mol. The summed E-state index contributed by atoms with van der Waals surface area (Å²) in [7, 11) is 0. The fourth-order valence-corrected chi connectivity index (χ4v) is 3.08. The van der Waals surface area contributed by atoms with Gasteiger partial charge in [-0.05, 0) is 59.5 Å². The molecule has 8 nitrogen and oxygen atoms in total. The van der Waals surface area contributed by atoms with Crippen LogP contribution in [0.2, 0.25) is 0 Å². The topological polar surface area (TPSA) is 112 Å². The summed E-state index contributed by atoms with van der Waals surface area (Å²) in [6.07, 6.45) is 8.42. The van der Waals surface area contributed by atoms with E-state index in [2.05, 4.69) is 6.92 Å². The first-order valence-electron chi connectivity index (χ1n) is 12.6. The van der Waals surface area contributed by atoms with Gasteiger partial charge in [0, 0.05) is 12.5 Å². The van der Waals surface area contributed by atoms with Crippen molar-refractivity contribution < 1.29 is 33.3 Å². The molecule has 0 radical (unpaired) electrons. The molecule has 198 valence electrons. The molecule has 1 aromatic heterocycles. The third kappa shape index (κ3) is 12.6. The number of ether oxygens (including phenoxy) is 3. The highest BCUT2D eigenvalue weighted by molar-refractivity contribution is 5.75. The van der Waals surface area contributed by atoms with Gasteiger partial charge in [-0.3, -0.25) is 14.4 Å². The molecule has 1 rings (SSSR count). The van der Waals surface area contributed by atoms with E-state index in [9.17, 15) is 19.5 Å². The number of carbonyl (C=O) groups is 2. The molecule has 1 unspecified atom stereocenters. The first-order valence-corrected chi connectivity index (χ1v) is 12.6. The van der Waals surface area contributed by atoms with E-state index >= 15 is 0 Å². The van der Waals surface area contributed by atoms with Gasteiger partial charge in [-0.2, -0.15) is 0 Å². The second-order valence-electron chi connectivity index (χ2n) is 9.48. The van der Waals surface area contributed by atoms with Gasteiger partial charge in [0.15, 0.2) is 5.76 Å². The Morgan fingerprint density at radius 2 is 1.83 bits per heavy atom. The van der Waals surface area contributed by atoms with Crippen molar-refractivity contribution in [3.8, 4) is 5.75 Å². The predicted molar refractivity (Wildman–Crippen MR) is 134 cm³/mol. The number of hydrogen-bond donors (Lipinski definition) is 1. The highest BCUT2D eigenvalue weighted by atomic mass is 16.5. The van der Waals surface area contributed by atoms with Crippen LogP contribution in [0.4, 0.5) is 0 Å². The molecular formula is C27H42O8. The zero-order chi connectivity index (χ0) is 26.3. The molecule has 0 saturated heterocycles. The maximum Gasteiger partial charge on any atom is 0.311 e. The number of aliphatic hydroxyl groups is 1. The van der Waals surface area contributed by atoms with Crippen molar-refractivity contribution in [3.63, 3.8) is 0 Å². The number of unbranched alkanes of at least 4 members (excludes halogenated alkanes) is 4. The minimum absolute atomic E-state index is 0.0401. The summed E-state index contributed by atoms with van der Waals surface area (Å²) < 4.78 is 21.7. The lowest BCUT2D eigenvalue weighted by Gasteiger charge is -2.16. The first kappa shape index (κ1) is 30.4. The van der Waals surface area contributed by atoms with E-state index in [1.54, 1.807) is 33.8 Å². The summed E-state index contributed by atoms with van der Waals surface area (Å²) in [6.45, 7) is 9.54. The molecule has 0 bridgehead atoms. The molecule has 35 heavy (non-hydrogen) atoms. The van der Waals surface area contributed by atoms with Gasteiger partial charge < -0.3 is 23.7 Å². The summed E-state index contributed by atoms with van der Waals surface area (Å²) >= 11 is 0. The van der Waals surface area contributed by atoms with Crippen LogP contribution in [-0.2, 0) is 25.7 Å². The fourth-order valence-electron chi connectivity index (χ4n) is 3.08. The number of hydrogen-bond acceptors (Lipinski definition) is 8. The van der Waals surface area contributed by atoms with Crippen molar-refractivity contribution in [2.75, 3.05) is 13.2 Å². The average molecular weight is 495 g/mol. The van der Waals surface area contributed by atoms with Crippen LogP contribution in [0, 0.1) is 5.41 Å². The van der Waals surface area contributed by atoms with Gasteiger partial charge in [-0.15, -0.1) is 0 Å². The lowest BCUT2D eigenvalue weighted by Crippen LogP contribution is -2.23. The van der Waals surface area contributed by atoms with Crippen molar-refractivity contribution in [3.05, 3.63) is 33.9 Å². The van der Waals surface area contributed by atoms with Gasteiger partial charge in [0.1, 0.15) is 12.4 Å². The van der Waals surface area contributed by atoms with Crippen LogP contribution in [0.25, 0.3) is 6.08 Å². The molecule has 1 aromatic rings. The van der Waals surface area contributed by atoms with E-state index in [-0.39, 0.29) is 36.5 Å². The van der Waals surface area contributed by atoms with Crippen LogP contribution >= 0.6 is 0 Å². The van der Waals surface area contributed by atoms with Crippen molar-refractivity contribution in [2.45, 2.75) is 98.7 Å². The average Bonchev–Trinajstić information content (AvgIpc) is 2.79. The molecule has 1 atom stereocenters. The first-order chi connectivity index (χ1) is 16.6. The van der Waals surface area contributed by atoms with E-state index < -0.39 is 22.9 Å². The van der Waals surface area contributed by atoms with Gasteiger partial charge in [0.05, 0.1) is 24.7 Å². The minimum atomic E-state index is -0.679. The van der Waals surface area contributed by atoms with Crippen LogP contribution in [0.3, 0.4) is 0 Å². The smallest absolute Gasteiger partial charge is 0.311 e. The quantitative estimate of drug-likeness (QED) is 0.247. The highest BCUT2D eigenvalue weighted by Gasteiger charge is 2.23. The van der Waals surface area contributed by atoms with E-state index in [1.165, 1.54) is 12.1 Å². The van der Waals surface area contributed by atoms with E-state index in [0.717, 1.165) is 25.7 Å².